The topological polar surface area (TPSA) is 106 Å². The first-order valence-corrected chi connectivity index (χ1v) is 13.9. The van der Waals surface area contributed by atoms with Crippen molar-refractivity contribution in [3.8, 4) is 0 Å². The lowest BCUT2D eigenvalue weighted by atomic mass is 9.91. The van der Waals surface area contributed by atoms with E-state index in [1.54, 1.807) is 12.1 Å². The Hall–Kier alpha value is -3.68. The normalized spacial score (nSPS) is 16.9. The van der Waals surface area contributed by atoms with E-state index in [-0.39, 0.29) is 23.7 Å². The fraction of sp³-hybridized carbons (Fsp3) is 0.484. The molecule has 39 heavy (non-hydrogen) atoms. The molecule has 0 aromatic heterocycles. The van der Waals surface area contributed by atoms with Gasteiger partial charge in [-0.05, 0) is 73.9 Å². The van der Waals surface area contributed by atoms with E-state index in [0.717, 1.165) is 29.5 Å². The Morgan fingerprint density at radius 2 is 1.62 bits per heavy atom. The Morgan fingerprint density at radius 1 is 1.03 bits per heavy atom. The number of carbonyl (C=O) groups is 3. The Labute approximate surface area is 232 Å². The van der Waals surface area contributed by atoms with E-state index in [4.69, 9.17) is 5.41 Å². The molecule has 2 aromatic carbocycles. The lowest BCUT2D eigenvalue weighted by Crippen LogP contribution is -2.44. The van der Waals surface area contributed by atoms with Crippen LogP contribution in [0.25, 0.3) is 0 Å². The quantitative estimate of drug-likeness (QED) is 0.362. The molecule has 0 bridgehead atoms. The van der Waals surface area contributed by atoms with Crippen LogP contribution in [0.3, 0.4) is 0 Å². The van der Waals surface area contributed by atoms with Crippen molar-refractivity contribution >= 4 is 23.7 Å². The lowest BCUT2D eigenvalue weighted by molar-refractivity contribution is -0.131. The first-order chi connectivity index (χ1) is 18.5. The van der Waals surface area contributed by atoms with Crippen LogP contribution in [0.5, 0.6) is 0 Å². The molecule has 3 N–H and O–H groups in total. The van der Waals surface area contributed by atoms with Crippen molar-refractivity contribution in [3.05, 3.63) is 70.3 Å². The van der Waals surface area contributed by atoms with Crippen molar-refractivity contribution < 1.29 is 14.4 Å². The predicted molar refractivity (Wildman–Crippen MR) is 155 cm³/mol. The van der Waals surface area contributed by atoms with E-state index in [2.05, 4.69) is 38.3 Å². The fourth-order valence-corrected chi connectivity index (χ4v) is 5.19. The van der Waals surface area contributed by atoms with Crippen molar-refractivity contribution in [1.82, 2.24) is 20.4 Å². The largest absolute Gasteiger partial charge is 0.348 e. The summed E-state index contributed by atoms with van der Waals surface area (Å²) in [5.74, 6) is 0.0961. The molecular formula is C31H43N5O3. The fourth-order valence-electron chi connectivity index (χ4n) is 5.19. The lowest BCUT2D eigenvalue weighted by Gasteiger charge is -2.24. The van der Waals surface area contributed by atoms with E-state index in [1.807, 2.05) is 49.1 Å². The maximum atomic E-state index is 13.1. The molecule has 2 aromatic rings. The summed E-state index contributed by atoms with van der Waals surface area (Å²) in [6, 6.07) is 13.0. The number of carbonyl (C=O) groups excluding carboxylic acids is 3. The predicted octanol–water partition coefficient (Wildman–Crippen LogP) is 4.86. The first-order valence-electron chi connectivity index (χ1n) is 13.9. The van der Waals surface area contributed by atoms with E-state index in [1.165, 1.54) is 4.90 Å². The van der Waals surface area contributed by atoms with Crippen LogP contribution in [0.1, 0.15) is 91.3 Å². The third-order valence-electron chi connectivity index (χ3n) is 6.88. The van der Waals surface area contributed by atoms with Crippen molar-refractivity contribution in [2.45, 2.75) is 79.4 Å². The molecule has 0 radical (unpaired) electrons. The summed E-state index contributed by atoms with van der Waals surface area (Å²) >= 11 is 0. The highest BCUT2D eigenvalue weighted by Gasteiger charge is 2.45. The highest BCUT2D eigenvalue weighted by Crippen LogP contribution is 2.26. The Bertz CT molecular complexity index is 1200. The molecule has 3 rings (SSSR count). The van der Waals surface area contributed by atoms with Gasteiger partial charge in [0, 0.05) is 30.8 Å². The van der Waals surface area contributed by atoms with Crippen LogP contribution in [-0.4, -0.2) is 52.1 Å². The van der Waals surface area contributed by atoms with Gasteiger partial charge in [-0.2, -0.15) is 0 Å². The average molecular weight is 534 g/mol. The highest BCUT2D eigenvalue weighted by molar-refractivity contribution is 6.07. The van der Waals surface area contributed by atoms with Crippen molar-refractivity contribution in [3.63, 3.8) is 0 Å². The average Bonchev–Trinajstić information content (AvgIpc) is 3.09. The minimum absolute atomic E-state index is 0.0451. The number of hydrogen-bond donors (Lipinski definition) is 3. The molecule has 8 heteroatoms. The van der Waals surface area contributed by atoms with Crippen LogP contribution in [0.2, 0.25) is 0 Å². The second kappa shape index (κ2) is 12.9. The van der Waals surface area contributed by atoms with Gasteiger partial charge in [-0.15, -0.1) is 0 Å². The maximum absolute atomic E-state index is 13.1. The molecular weight excluding hydrogens is 490 g/mol. The second-order valence-electron chi connectivity index (χ2n) is 11.2. The van der Waals surface area contributed by atoms with Crippen LogP contribution >= 0.6 is 0 Å². The summed E-state index contributed by atoms with van der Waals surface area (Å²) in [6.07, 6.45) is 2.43. The van der Waals surface area contributed by atoms with E-state index >= 15 is 0 Å². The zero-order valence-corrected chi connectivity index (χ0v) is 24.2. The second-order valence-corrected chi connectivity index (χ2v) is 11.2. The Kier molecular flexibility index (Phi) is 9.89. The molecule has 1 saturated heterocycles. The van der Waals surface area contributed by atoms with Crippen LogP contribution in [0.4, 0.5) is 0 Å². The van der Waals surface area contributed by atoms with Gasteiger partial charge >= 0.3 is 0 Å². The number of benzene rings is 2. The SMILES string of the molecule is CCCN(CCC)C(=O)c1cc(C)cc(C(=O)NCc2ccc(CN3C(=N)NC(C)(CC(C)C)C3=O)cc2)c1. The summed E-state index contributed by atoms with van der Waals surface area (Å²) in [5, 5.41) is 14.3. The summed E-state index contributed by atoms with van der Waals surface area (Å²) in [7, 11) is 0. The van der Waals surface area contributed by atoms with Crippen LogP contribution in [0, 0.1) is 18.3 Å². The third-order valence-corrected chi connectivity index (χ3v) is 6.88. The van der Waals surface area contributed by atoms with Gasteiger partial charge in [-0.1, -0.05) is 52.0 Å². The summed E-state index contributed by atoms with van der Waals surface area (Å²) < 4.78 is 0. The molecule has 0 aliphatic carbocycles. The van der Waals surface area contributed by atoms with Crippen LogP contribution < -0.4 is 10.6 Å². The highest BCUT2D eigenvalue weighted by atomic mass is 16.2. The van der Waals surface area contributed by atoms with Crippen LogP contribution in [-0.2, 0) is 17.9 Å². The minimum atomic E-state index is -0.750. The summed E-state index contributed by atoms with van der Waals surface area (Å²) in [6.45, 7) is 14.0. The molecule has 1 aliphatic heterocycles. The Morgan fingerprint density at radius 3 is 2.21 bits per heavy atom. The Balaban J connectivity index is 1.62. The standard InChI is InChI=1S/C31H43N5O3/c1-7-13-35(14-8-2)28(38)26-16-22(5)15-25(17-26)27(37)33-19-23-9-11-24(12-10-23)20-36-29(39)31(6,18-21(3)4)34-30(36)32/h9-12,15-17,21H,7-8,13-14,18-20H2,1-6H3,(H2,32,34)(H,33,37). The van der Waals surface area contributed by atoms with Crippen LogP contribution in [0.15, 0.2) is 42.5 Å². The molecule has 1 aliphatic rings. The molecule has 0 spiro atoms. The molecule has 0 saturated carbocycles. The molecule has 210 valence electrons. The molecule has 1 unspecified atom stereocenters. The van der Waals surface area contributed by atoms with Crippen molar-refractivity contribution in [1.29, 1.82) is 5.41 Å². The van der Waals surface area contributed by atoms with Gasteiger partial charge in [0.2, 0.25) is 0 Å². The van der Waals surface area contributed by atoms with E-state index < -0.39 is 5.54 Å². The summed E-state index contributed by atoms with van der Waals surface area (Å²) in [4.78, 5) is 42.4. The molecule has 1 heterocycles. The number of hydrogen-bond acceptors (Lipinski definition) is 4. The number of nitrogens with zero attached hydrogens (tertiary/aromatic N) is 2. The monoisotopic (exact) mass is 533 g/mol. The molecule has 1 atom stereocenters. The number of guanidine groups is 1. The number of nitrogens with one attached hydrogen (secondary N) is 3. The van der Waals surface area contributed by atoms with Crippen molar-refractivity contribution in [2.75, 3.05) is 13.1 Å². The summed E-state index contributed by atoms with van der Waals surface area (Å²) in [5.41, 5.74) is 2.94. The third kappa shape index (κ3) is 7.46. The minimum Gasteiger partial charge on any atom is -0.348 e. The van der Waals surface area contributed by atoms with Gasteiger partial charge in [0.05, 0.1) is 6.54 Å². The van der Waals surface area contributed by atoms with Gasteiger partial charge < -0.3 is 15.5 Å². The number of aryl methyl sites for hydroxylation is 1. The number of rotatable bonds is 12. The van der Waals surface area contributed by atoms with Gasteiger partial charge in [0.15, 0.2) is 5.96 Å². The van der Waals surface area contributed by atoms with Gasteiger partial charge in [-0.25, -0.2) is 0 Å². The van der Waals surface area contributed by atoms with Gasteiger partial charge in [0.1, 0.15) is 5.54 Å². The molecule has 1 fully saturated rings. The van der Waals surface area contributed by atoms with Crippen molar-refractivity contribution in [2.24, 2.45) is 5.92 Å². The van der Waals surface area contributed by atoms with Gasteiger partial charge in [0.25, 0.3) is 17.7 Å². The smallest absolute Gasteiger partial charge is 0.255 e. The zero-order valence-electron chi connectivity index (χ0n) is 24.2. The maximum Gasteiger partial charge on any atom is 0.255 e. The molecule has 8 nitrogen and oxygen atoms in total. The first kappa shape index (κ1) is 29.9. The van der Waals surface area contributed by atoms with Gasteiger partial charge in [-0.3, -0.25) is 24.7 Å². The molecule has 3 amide bonds. The van der Waals surface area contributed by atoms with E-state index in [0.29, 0.717) is 49.6 Å². The van der Waals surface area contributed by atoms with E-state index in [9.17, 15) is 14.4 Å². The number of amides is 3. The zero-order chi connectivity index (χ0) is 28.7.